The third kappa shape index (κ3) is 5.24. The molecule has 0 saturated heterocycles. The molecule has 0 aliphatic carbocycles. The smallest absolute Gasteiger partial charge is 0.274 e. The van der Waals surface area contributed by atoms with Crippen LogP contribution in [0.2, 0.25) is 0 Å². The molecule has 180 valence electrons. The summed E-state index contributed by atoms with van der Waals surface area (Å²) in [6.45, 7) is 5.29. The van der Waals surface area contributed by atoms with Gasteiger partial charge in [-0.05, 0) is 37.5 Å². The average molecular weight is 467 g/mol. The molecule has 1 aromatic heterocycles. The molecule has 0 unspecified atom stereocenters. The van der Waals surface area contributed by atoms with Crippen LogP contribution in [-0.4, -0.2) is 57.6 Å². The third-order valence-electron chi connectivity index (χ3n) is 5.64. The number of carbonyl (C=O) groups is 4. The van der Waals surface area contributed by atoms with E-state index < -0.39 is 11.5 Å². The largest absolute Gasteiger partial charge is 0.339 e. The first kappa shape index (κ1) is 24.9. The van der Waals surface area contributed by atoms with Gasteiger partial charge in [0.25, 0.3) is 23.3 Å². The predicted octanol–water partition coefficient (Wildman–Crippen LogP) is 2.66. The number of hydrogen-bond acceptors (Lipinski definition) is 5. The number of nitrogens with zero attached hydrogens (tertiary/aromatic N) is 3. The highest BCUT2D eigenvalue weighted by Crippen LogP contribution is 2.22. The van der Waals surface area contributed by atoms with Crippen LogP contribution in [0.5, 0.6) is 0 Å². The minimum Gasteiger partial charge on any atom is -0.339 e. The van der Waals surface area contributed by atoms with E-state index in [1.165, 1.54) is 23.9 Å². The van der Waals surface area contributed by atoms with Crippen molar-refractivity contribution < 1.29 is 19.2 Å². The van der Waals surface area contributed by atoms with Gasteiger partial charge >= 0.3 is 0 Å². The maximum absolute atomic E-state index is 12.9. The summed E-state index contributed by atoms with van der Waals surface area (Å²) >= 11 is 0. The van der Waals surface area contributed by atoms with Crippen molar-refractivity contribution in [3.05, 3.63) is 63.6 Å². The fourth-order valence-electron chi connectivity index (χ4n) is 4.01. The zero-order valence-electron chi connectivity index (χ0n) is 19.8. The number of hydrogen-bond donors (Lipinski definition) is 1. The van der Waals surface area contributed by atoms with Crippen molar-refractivity contribution in [2.24, 2.45) is 7.05 Å². The van der Waals surface area contributed by atoms with Gasteiger partial charge in [0, 0.05) is 39.3 Å². The number of amides is 4. The van der Waals surface area contributed by atoms with Crippen LogP contribution in [0.15, 0.2) is 41.3 Å². The second kappa shape index (κ2) is 10.9. The molecule has 0 radical (unpaired) electrons. The Balaban J connectivity index is 1.64. The molecule has 0 bridgehead atoms. The number of rotatable bonds is 10. The van der Waals surface area contributed by atoms with Crippen molar-refractivity contribution in [1.82, 2.24) is 14.4 Å². The van der Waals surface area contributed by atoms with Gasteiger partial charge in [-0.3, -0.25) is 28.9 Å². The van der Waals surface area contributed by atoms with Crippen molar-refractivity contribution in [3.63, 3.8) is 0 Å². The molecular formula is C25H30N4O5. The van der Waals surface area contributed by atoms with E-state index >= 15 is 0 Å². The Hall–Kier alpha value is -3.75. The monoisotopic (exact) mass is 466 g/mol. The molecule has 0 atom stereocenters. The molecule has 4 amide bonds. The highest BCUT2D eigenvalue weighted by Gasteiger charge is 2.34. The molecule has 1 N–H and O–H groups in total. The summed E-state index contributed by atoms with van der Waals surface area (Å²) in [4.78, 5) is 65.7. The molecule has 1 aliphatic rings. The highest BCUT2D eigenvalue weighted by molar-refractivity contribution is 6.21. The Bertz CT molecular complexity index is 1130. The van der Waals surface area contributed by atoms with Gasteiger partial charge < -0.3 is 14.8 Å². The number of anilines is 1. The van der Waals surface area contributed by atoms with Crippen molar-refractivity contribution in [2.75, 3.05) is 25.0 Å². The van der Waals surface area contributed by atoms with Crippen LogP contribution in [0, 0.1) is 0 Å². The lowest BCUT2D eigenvalue weighted by Crippen LogP contribution is -2.34. The minimum atomic E-state index is -0.433. The topological polar surface area (TPSA) is 109 Å². The van der Waals surface area contributed by atoms with Crippen LogP contribution in [0.25, 0.3) is 0 Å². The number of imide groups is 1. The van der Waals surface area contributed by atoms with E-state index in [-0.39, 0.29) is 42.8 Å². The molecule has 1 aliphatic heterocycles. The zero-order chi connectivity index (χ0) is 24.8. The van der Waals surface area contributed by atoms with Crippen molar-refractivity contribution in [1.29, 1.82) is 0 Å². The van der Waals surface area contributed by atoms with Crippen molar-refractivity contribution in [3.8, 4) is 0 Å². The predicted molar refractivity (Wildman–Crippen MR) is 128 cm³/mol. The minimum absolute atomic E-state index is 0.00648. The van der Waals surface area contributed by atoms with E-state index in [4.69, 9.17) is 0 Å². The fourth-order valence-corrected chi connectivity index (χ4v) is 4.01. The number of aryl methyl sites for hydroxylation is 1. The van der Waals surface area contributed by atoms with E-state index in [1.807, 2.05) is 13.8 Å². The number of carbonyl (C=O) groups excluding carboxylic acids is 4. The molecule has 34 heavy (non-hydrogen) atoms. The number of aromatic nitrogens is 1. The molecule has 9 nitrogen and oxygen atoms in total. The van der Waals surface area contributed by atoms with Crippen LogP contribution < -0.4 is 10.9 Å². The van der Waals surface area contributed by atoms with Crippen molar-refractivity contribution in [2.45, 2.75) is 39.5 Å². The number of pyridine rings is 1. The highest BCUT2D eigenvalue weighted by atomic mass is 16.2. The standard InChI is InChI=1S/C25H30N4O5/c1-4-12-28(13-5-2)22(31)17-15-20(25(34)27(3)16-17)26-21(30)11-8-14-29-23(32)18-9-6-7-10-19(18)24(29)33/h6-7,9-10,15-16H,4-5,8,11-14H2,1-3H3,(H,26,30). The Morgan fingerprint density at radius 3 is 2.12 bits per heavy atom. The molecule has 9 heteroatoms. The summed E-state index contributed by atoms with van der Waals surface area (Å²) in [5.41, 5.74) is 0.643. The SMILES string of the molecule is CCCN(CCC)C(=O)c1cc(NC(=O)CCCN2C(=O)c3ccccc3C2=O)c(=O)n(C)c1. The summed E-state index contributed by atoms with van der Waals surface area (Å²) in [5.74, 6) is -1.37. The quantitative estimate of drug-likeness (QED) is 0.542. The first-order valence-electron chi connectivity index (χ1n) is 11.5. The van der Waals surface area contributed by atoms with Crippen LogP contribution in [-0.2, 0) is 11.8 Å². The van der Waals surface area contributed by atoms with E-state index in [1.54, 1.807) is 29.2 Å². The summed E-state index contributed by atoms with van der Waals surface area (Å²) in [6.07, 6.45) is 3.35. The van der Waals surface area contributed by atoms with Crippen molar-refractivity contribution >= 4 is 29.3 Å². The van der Waals surface area contributed by atoms with Gasteiger partial charge in [0.1, 0.15) is 5.69 Å². The molecule has 0 fully saturated rings. The van der Waals surface area contributed by atoms with E-state index in [9.17, 15) is 24.0 Å². The number of fused-ring (bicyclic) bond motifs is 1. The van der Waals surface area contributed by atoms with Gasteiger partial charge in [0.2, 0.25) is 5.91 Å². The summed E-state index contributed by atoms with van der Waals surface area (Å²) in [6, 6.07) is 8.02. The van der Waals surface area contributed by atoms with Crippen LogP contribution in [0.3, 0.4) is 0 Å². The van der Waals surface area contributed by atoms with E-state index in [0.717, 1.165) is 17.7 Å². The lowest BCUT2D eigenvalue weighted by molar-refractivity contribution is -0.116. The summed E-state index contributed by atoms with van der Waals surface area (Å²) in [5, 5.41) is 2.58. The second-order valence-electron chi connectivity index (χ2n) is 8.31. The summed E-state index contributed by atoms with van der Waals surface area (Å²) in [7, 11) is 1.53. The van der Waals surface area contributed by atoms with Crippen LogP contribution in [0.1, 0.15) is 70.6 Å². The second-order valence-corrected chi connectivity index (χ2v) is 8.31. The molecule has 2 heterocycles. The maximum atomic E-state index is 12.9. The lowest BCUT2D eigenvalue weighted by atomic mass is 10.1. The third-order valence-corrected chi connectivity index (χ3v) is 5.64. The fraction of sp³-hybridized carbons (Fsp3) is 0.400. The lowest BCUT2D eigenvalue weighted by Gasteiger charge is -2.22. The van der Waals surface area contributed by atoms with E-state index in [0.29, 0.717) is 29.8 Å². The van der Waals surface area contributed by atoms with Gasteiger partial charge in [0.05, 0.1) is 16.7 Å². The van der Waals surface area contributed by atoms with Gasteiger partial charge in [-0.25, -0.2) is 0 Å². The zero-order valence-corrected chi connectivity index (χ0v) is 19.8. The first-order valence-corrected chi connectivity index (χ1v) is 11.5. The maximum Gasteiger partial charge on any atom is 0.274 e. The molecule has 0 spiro atoms. The van der Waals surface area contributed by atoms with Gasteiger partial charge in [-0.2, -0.15) is 0 Å². The van der Waals surface area contributed by atoms with Crippen LogP contribution >= 0.6 is 0 Å². The van der Waals surface area contributed by atoms with Crippen LogP contribution in [0.4, 0.5) is 5.69 Å². The Kier molecular flexibility index (Phi) is 7.99. The molecule has 2 aromatic rings. The number of benzene rings is 1. The summed E-state index contributed by atoms with van der Waals surface area (Å²) < 4.78 is 1.28. The normalized spacial score (nSPS) is 12.6. The molecule has 3 rings (SSSR count). The molecule has 1 aromatic carbocycles. The average Bonchev–Trinajstić information content (AvgIpc) is 3.06. The Morgan fingerprint density at radius 2 is 1.56 bits per heavy atom. The molecular weight excluding hydrogens is 436 g/mol. The van der Waals surface area contributed by atoms with Gasteiger partial charge in [-0.15, -0.1) is 0 Å². The number of nitrogens with one attached hydrogen (secondary N) is 1. The molecule has 0 saturated carbocycles. The Labute approximate surface area is 198 Å². The van der Waals surface area contributed by atoms with Gasteiger partial charge in [0.15, 0.2) is 0 Å². The van der Waals surface area contributed by atoms with E-state index in [2.05, 4.69) is 5.32 Å². The Morgan fingerprint density at radius 1 is 0.971 bits per heavy atom. The first-order chi connectivity index (χ1) is 16.3. The van der Waals surface area contributed by atoms with Gasteiger partial charge in [-0.1, -0.05) is 26.0 Å².